The van der Waals surface area contributed by atoms with E-state index in [1.54, 1.807) is 22.4 Å². The van der Waals surface area contributed by atoms with Crippen molar-refractivity contribution < 1.29 is 19.4 Å². The van der Waals surface area contributed by atoms with Crippen LogP contribution in [0.5, 0.6) is 0 Å². The van der Waals surface area contributed by atoms with Crippen LogP contribution in [-0.2, 0) is 9.53 Å². The third-order valence-electron chi connectivity index (χ3n) is 3.05. The number of nitrogens with zero attached hydrogens (tertiary/aromatic N) is 1. The van der Waals surface area contributed by atoms with Gasteiger partial charge in [0.2, 0.25) is 0 Å². The number of thiophene rings is 1. The minimum absolute atomic E-state index is 0.0467. The number of ether oxygens (including phenoxy) is 1. The van der Waals surface area contributed by atoms with E-state index < -0.39 is 12.0 Å². The van der Waals surface area contributed by atoms with Crippen molar-refractivity contribution >= 4 is 23.3 Å². The molecule has 0 bridgehead atoms. The number of hydrogen-bond donors (Lipinski definition) is 2. The fourth-order valence-electron chi connectivity index (χ4n) is 2.27. The molecule has 1 unspecified atom stereocenters. The third kappa shape index (κ3) is 3.49. The van der Waals surface area contributed by atoms with Crippen LogP contribution < -0.4 is 5.32 Å². The second-order valence-corrected chi connectivity index (χ2v) is 5.88. The van der Waals surface area contributed by atoms with Crippen LogP contribution in [0, 0.1) is 0 Å². The van der Waals surface area contributed by atoms with E-state index >= 15 is 0 Å². The van der Waals surface area contributed by atoms with Gasteiger partial charge >= 0.3 is 12.0 Å². The summed E-state index contributed by atoms with van der Waals surface area (Å²) in [6, 6.07) is 2.10. The summed E-state index contributed by atoms with van der Waals surface area (Å²) in [5, 5.41) is 13.6. The summed E-state index contributed by atoms with van der Waals surface area (Å²) in [7, 11) is 0. The molecule has 20 heavy (non-hydrogen) atoms. The maximum atomic E-state index is 12.2. The van der Waals surface area contributed by atoms with Crippen molar-refractivity contribution in [3.8, 4) is 0 Å². The van der Waals surface area contributed by atoms with Crippen LogP contribution in [0.25, 0.3) is 0 Å². The molecule has 1 aliphatic rings. The minimum atomic E-state index is -1.06. The number of carbonyl (C=O) groups is 2. The second kappa shape index (κ2) is 6.23. The summed E-state index contributed by atoms with van der Waals surface area (Å²) >= 11 is 1.31. The van der Waals surface area contributed by atoms with E-state index in [-0.39, 0.29) is 18.2 Å². The normalized spacial score (nSPS) is 24.2. The topological polar surface area (TPSA) is 78.9 Å². The standard InChI is InChI=1S/C13H18N2O4S/c1-8-6-15(7-9(2)19-8)13(18)14-11(12(16)17)10-4-3-5-20-10/h3-5,8-9,11H,6-7H2,1-2H3,(H,14,18)(H,16,17)/t8-,9+,11?. The first-order valence-electron chi connectivity index (χ1n) is 6.44. The first-order valence-corrected chi connectivity index (χ1v) is 7.32. The van der Waals surface area contributed by atoms with E-state index in [1.807, 2.05) is 13.8 Å². The Morgan fingerprint density at radius 1 is 1.45 bits per heavy atom. The number of amides is 2. The first-order chi connectivity index (χ1) is 9.47. The Morgan fingerprint density at radius 2 is 2.10 bits per heavy atom. The van der Waals surface area contributed by atoms with E-state index in [4.69, 9.17) is 4.74 Å². The Balaban J connectivity index is 2.03. The van der Waals surface area contributed by atoms with Crippen LogP contribution in [0.15, 0.2) is 17.5 Å². The molecule has 2 heterocycles. The average molecular weight is 298 g/mol. The van der Waals surface area contributed by atoms with Crippen molar-refractivity contribution in [2.24, 2.45) is 0 Å². The zero-order chi connectivity index (χ0) is 14.7. The monoisotopic (exact) mass is 298 g/mol. The van der Waals surface area contributed by atoms with Gasteiger partial charge in [-0.15, -0.1) is 11.3 Å². The number of urea groups is 1. The molecule has 1 aromatic rings. The summed E-state index contributed by atoms with van der Waals surface area (Å²) in [5.41, 5.74) is 0. The van der Waals surface area contributed by atoms with Gasteiger partial charge in [0, 0.05) is 18.0 Å². The van der Waals surface area contributed by atoms with Gasteiger partial charge < -0.3 is 20.1 Å². The zero-order valence-corrected chi connectivity index (χ0v) is 12.2. The SMILES string of the molecule is C[C@@H]1CN(C(=O)NC(C(=O)O)c2cccs2)C[C@H](C)O1. The fraction of sp³-hybridized carbons (Fsp3) is 0.538. The number of carboxylic acid groups (broad SMARTS) is 1. The molecular formula is C13H18N2O4S. The minimum Gasteiger partial charge on any atom is -0.479 e. The summed E-state index contributed by atoms with van der Waals surface area (Å²) in [6.07, 6.45) is -0.0935. The van der Waals surface area contributed by atoms with E-state index in [2.05, 4.69) is 5.32 Å². The highest BCUT2D eigenvalue weighted by atomic mass is 32.1. The van der Waals surface area contributed by atoms with Gasteiger partial charge in [0.25, 0.3) is 0 Å². The molecule has 7 heteroatoms. The molecule has 0 aromatic carbocycles. The molecular weight excluding hydrogens is 280 g/mol. The molecule has 2 amide bonds. The summed E-state index contributed by atoms with van der Waals surface area (Å²) in [5.74, 6) is -1.06. The van der Waals surface area contributed by atoms with Crippen LogP contribution >= 0.6 is 11.3 Å². The number of carbonyl (C=O) groups excluding carboxylic acids is 1. The van der Waals surface area contributed by atoms with E-state index in [0.717, 1.165) is 0 Å². The quantitative estimate of drug-likeness (QED) is 0.890. The number of aliphatic carboxylic acids is 1. The predicted octanol–water partition coefficient (Wildman–Crippen LogP) is 1.69. The maximum absolute atomic E-state index is 12.2. The number of morpholine rings is 1. The maximum Gasteiger partial charge on any atom is 0.331 e. The van der Waals surface area contributed by atoms with Gasteiger partial charge in [-0.1, -0.05) is 6.07 Å². The van der Waals surface area contributed by atoms with Crippen LogP contribution in [0.2, 0.25) is 0 Å². The van der Waals surface area contributed by atoms with Gasteiger partial charge in [-0.3, -0.25) is 0 Å². The second-order valence-electron chi connectivity index (χ2n) is 4.90. The molecule has 0 spiro atoms. The molecule has 6 nitrogen and oxygen atoms in total. The number of hydrogen-bond acceptors (Lipinski definition) is 4. The van der Waals surface area contributed by atoms with Crippen LogP contribution in [0.4, 0.5) is 4.79 Å². The molecule has 1 aliphatic heterocycles. The lowest BCUT2D eigenvalue weighted by Gasteiger charge is -2.35. The molecule has 1 fully saturated rings. The number of nitrogens with one attached hydrogen (secondary N) is 1. The van der Waals surface area contributed by atoms with Gasteiger partial charge in [-0.25, -0.2) is 9.59 Å². The lowest BCUT2D eigenvalue weighted by molar-refractivity contribution is -0.139. The van der Waals surface area contributed by atoms with Crippen molar-refractivity contribution in [1.82, 2.24) is 10.2 Å². The molecule has 1 saturated heterocycles. The molecule has 3 atom stereocenters. The molecule has 2 rings (SSSR count). The molecule has 2 N–H and O–H groups in total. The predicted molar refractivity (Wildman–Crippen MR) is 74.8 cm³/mol. The highest BCUT2D eigenvalue weighted by Gasteiger charge is 2.29. The van der Waals surface area contributed by atoms with Crippen molar-refractivity contribution in [3.05, 3.63) is 22.4 Å². The van der Waals surface area contributed by atoms with Gasteiger partial charge in [-0.05, 0) is 25.3 Å². The smallest absolute Gasteiger partial charge is 0.331 e. The highest BCUT2D eigenvalue weighted by molar-refractivity contribution is 7.10. The lowest BCUT2D eigenvalue weighted by Crippen LogP contribution is -2.52. The van der Waals surface area contributed by atoms with Crippen LogP contribution in [-0.4, -0.2) is 47.3 Å². The van der Waals surface area contributed by atoms with Crippen LogP contribution in [0.1, 0.15) is 24.8 Å². The summed E-state index contributed by atoms with van der Waals surface area (Å²) in [6.45, 7) is 4.72. The van der Waals surface area contributed by atoms with Crippen molar-refractivity contribution in [1.29, 1.82) is 0 Å². The average Bonchev–Trinajstić information content (AvgIpc) is 2.87. The Labute approximate surface area is 121 Å². The first kappa shape index (κ1) is 14.8. The van der Waals surface area contributed by atoms with Crippen molar-refractivity contribution in [2.75, 3.05) is 13.1 Å². The fourth-order valence-corrected chi connectivity index (χ4v) is 3.04. The van der Waals surface area contributed by atoms with E-state index in [1.165, 1.54) is 11.3 Å². The molecule has 0 saturated carbocycles. The van der Waals surface area contributed by atoms with E-state index in [9.17, 15) is 14.7 Å². The molecule has 1 aromatic heterocycles. The molecule has 0 aliphatic carbocycles. The van der Waals surface area contributed by atoms with Crippen LogP contribution in [0.3, 0.4) is 0 Å². The van der Waals surface area contributed by atoms with Gasteiger partial charge in [0.1, 0.15) is 0 Å². The van der Waals surface area contributed by atoms with Gasteiger partial charge in [0.15, 0.2) is 6.04 Å². The van der Waals surface area contributed by atoms with Crippen molar-refractivity contribution in [3.63, 3.8) is 0 Å². The molecule has 0 radical (unpaired) electrons. The van der Waals surface area contributed by atoms with E-state index in [0.29, 0.717) is 18.0 Å². The number of carboxylic acids is 1. The highest BCUT2D eigenvalue weighted by Crippen LogP contribution is 2.20. The Bertz CT molecular complexity index is 467. The summed E-state index contributed by atoms with van der Waals surface area (Å²) in [4.78, 5) is 25.7. The Morgan fingerprint density at radius 3 is 2.60 bits per heavy atom. The number of rotatable bonds is 3. The third-order valence-corrected chi connectivity index (χ3v) is 3.99. The molecule has 110 valence electrons. The lowest BCUT2D eigenvalue weighted by atomic mass is 10.2. The van der Waals surface area contributed by atoms with Gasteiger partial charge in [-0.2, -0.15) is 0 Å². The summed E-state index contributed by atoms with van der Waals surface area (Å²) < 4.78 is 5.56. The largest absolute Gasteiger partial charge is 0.479 e. The van der Waals surface area contributed by atoms with Crippen molar-refractivity contribution in [2.45, 2.75) is 32.1 Å². The Hall–Kier alpha value is -1.60. The zero-order valence-electron chi connectivity index (χ0n) is 11.4. The Kier molecular flexibility index (Phi) is 4.61. The van der Waals surface area contributed by atoms with Gasteiger partial charge in [0.05, 0.1) is 12.2 Å².